The molecule has 1 aliphatic heterocycles. The number of nitrogens with zero attached hydrogens (tertiary/aromatic N) is 4. The Kier molecular flexibility index (Phi) is 6.51. The molecule has 1 aromatic heterocycles. The van der Waals surface area contributed by atoms with E-state index in [0.29, 0.717) is 40.9 Å². The van der Waals surface area contributed by atoms with Gasteiger partial charge in [-0.1, -0.05) is 17.7 Å². The van der Waals surface area contributed by atoms with Gasteiger partial charge in [0.1, 0.15) is 18.0 Å². The average Bonchev–Trinajstić information content (AvgIpc) is 3.08. The highest BCUT2D eigenvalue weighted by Crippen LogP contribution is 2.36. The molecule has 0 aliphatic carbocycles. The average molecular weight is 497 g/mol. The van der Waals surface area contributed by atoms with Crippen LogP contribution in [0.1, 0.15) is 42.5 Å². The molecule has 0 spiro atoms. The number of amides is 2. The first-order valence-electron chi connectivity index (χ1n) is 11.3. The number of carbonyl (C=O) groups excluding carboxylic acids is 2. The Morgan fingerprint density at radius 3 is 2.54 bits per heavy atom. The zero-order valence-electron chi connectivity index (χ0n) is 20.8. The summed E-state index contributed by atoms with van der Waals surface area (Å²) >= 11 is 6.30. The van der Waals surface area contributed by atoms with Crippen molar-refractivity contribution in [2.75, 3.05) is 30.0 Å². The van der Waals surface area contributed by atoms with Crippen molar-refractivity contribution < 1.29 is 19.1 Å². The van der Waals surface area contributed by atoms with Crippen molar-refractivity contribution in [1.82, 2.24) is 9.78 Å². The lowest BCUT2D eigenvalue weighted by molar-refractivity contribution is 0.0567. The highest BCUT2D eigenvalue weighted by molar-refractivity contribution is 6.31. The number of anilines is 2. The van der Waals surface area contributed by atoms with E-state index in [0.717, 1.165) is 17.1 Å². The van der Waals surface area contributed by atoms with E-state index >= 15 is 0 Å². The van der Waals surface area contributed by atoms with Crippen molar-refractivity contribution in [3.63, 3.8) is 0 Å². The molecule has 0 bridgehead atoms. The predicted molar refractivity (Wildman–Crippen MR) is 136 cm³/mol. The van der Waals surface area contributed by atoms with E-state index in [-0.39, 0.29) is 5.91 Å². The topological polar surface area (TPSA) is 76.9 Å². The first-order valence-corrected chi connectivity index (χ1v) is 11.7. The molecule has 2 amide bonds. The summed E-state index contributed by atoms with van der Waals surface area (Å²) in [6.07, 6.45) is -0.454. The lowest BCUT2D eigenvalue weighted by Gasteiger charge is -2.32. The molecule has 184 valence electrons. The molecule has 8 nitrogen and oxygen atoms in total. The van der Waals surface area contributed by atoms with Crippen molar-refractivity contribution in [3.05, 3.63) is 64.4 Å². The molecule has 0 unspecified atom stereocenters. The van der Waals surface area contributed by atoms with Crippen LogP contribution in [-0.2, 0) is 4.74 Å². The maximum absolute atomic E-state index is 13.4. The zero-order chi connectivity index (χ0) is 25.5. The van der Waals surface area contributed by atoms with Crippen LogP contribution in [0.4, 0.5) is 16.2 Å². The van der Waals surface area contributed by atoms with E-state index in [1.165, 1.54) is 4.90 Å². The highest BCUT2D eigenvalue weighted by atomic mass is 35.5. The van der Waals surface area contributed by atoms with Gasteiger partial charge in [0.15, 0.2) is 0 Å². The summed E-state index contributed by atoms with van der Waals surface area (Å²) in [6, 6.07) is 12.5. The van der Waals surface area contributed by atoms with Gasteiger partial charge in [-0.3, -0.25) is 9.69 Å². The number of benzene rings is 2. The van der Waals surface area contributed by atoms with E-state index in [1.807, 2.05) is 46.8 Å². The molecule has 0 radical (unpaired) electrons. The van der Waals surface area contributed by atoms with Crippen LogP contribution in [0.15, 0.2) is 42.5 Å². The first-order chi connectivity index (χ1) is 16.5. The molecule has 35 heavy (non-hydrogen) atoms. The molecule has 0 atom stereocenters. The number of halogens is 1. The maximum atomic E-state index is 13.4. The quantitative estimate of drug-likeness (QED) is 0.475. The van der Waals surface area contributed by atoms with E-state index in [2.05, 4.69) is 5.10 Å². The summed E-state index contributed by atoms with van der Waals surface area (Å²) in [5, 5.41) is 5.08. The summed E-state index contributed by atoms with van der Waals surface area (Å²) in [6.45, 7) is 9.92. The van der Waals surface area contributed by atoms with Gasteiger partial charge in [-0.2, -0.15) is 5.10 Å². The number of carbonyl (C=O) groups is 2. The molecule has 3 aromatic rings. The molecule has 0 saturated heterocycles. The zero-order valence-corrected chi connectivity index (χ0v) is 21.5. The van der Waals surface area contributed by atoms with Gasteiger partial charge in [-0.25, -0.2) is 9.48 Å². The molecule has 9 heteroatoms. The Morgan fingerprint density at radius 2 is 1.89 bits per heavy atom. The fourth-order valence-electron chi connectivity index (χ4n) is 3.88. The number of aryl methyl sites for hydroxylation is 1. The first kappa shape index (κ1) is 24.6. The van der Waals surface area contributed by atoms with Crippen molar-refractivity contribution in [3.8, 4) is 11.4 Å². The van der Waals surface area contributed by atoms with Crippen molar-refractivity contribution in [2.24, 2.45) is 0 Å². The Hall–Kier alpha value is -3.52. The summed E-state index contributed by atoms with van der Waals surface area (Å²) in [7, 11) is 1.69. The van der Waals surface area contributed by atoms with Gasteiger partial charge in [0.05, 0.1) is 34.3 Å². The molecule has 1 aliphatic rings. The predicted octanol–water partition coefficient (Wildman–Crippen LogP) is 5.55. The standard InChI is InChI=1S/C26H29ClN4O4/c1-16-23(27)17(2)31(28-16)20-9-7-8-18(14-20)24(32)29(6)19-10-11-22-21(15-19)30(12-13-34-22)25(33)35-26(3,4)5/h7-11,14-15H,12-13H2,1-6H3. The van der Waals surface area contributed by atoms with Gasteiger partial charge in [-0.15, -0.1) is 0 Å². The second kappa shape index (κ2) is 9.26. The van der Waals surface area contributed by atoms with Crippen LogP contribution in [0.2, 0.25) is 5.02 Å². The smallest absolute Gasteiger partial charge is 0.415 e. The van der Waals surface area contributed by atoms with E-state index < -0.39 is 11.7 Å². The van der Waals surface area contributed by atoms with Gasteiger partial charge < -0.3 is 14.4 Å². The van der Waals surface area contributed by atoms with Crippen LogP contribution in [-0.4, -0.2) is 47.6 Å². The summed E-state index contributed by atoms with van der Waals surface area (Å²) in [4.78, 5) is 29.3. The lowest BCUT2D eigenvalue weighted by atomic mass is 10.1. The maximum Gasteiger partial charge on any atom is 0.415 e. The molecular weight excluding hydrogens is 468 g/mol. The van der Waals surface area contributed by atoms with Crippen LogP contribution in [0.3, 0.4) is 0 Å². The van der Waals surface area contributed by atoms with E-state index in [1.54, 1.807) is 47.0 Å². The third kappa shape index (κ3) is 4.98. The number of hydrogen-bond donors (Lipinski definition) is 0. The third-order valence-corrected chi connectivity index (χ3v) is 6.20. The molecule has 2 heterocycles. The molecule has 4 rings (SSSR count). The third-order valence-electron chi connectivity index (χ3n) is 5.65. The lowest BCUT2D eigenvalue weighted by Crippen LogP contribution is -2.41. The van der Waals surface area contributed by atoms with Crippen molar-refractivity contribution >= 4 is 35.0 Å². The van der Waals surface area contributed by atoms with Crippen molar-refractivity contribution in [1.29, 1.82) is 0 Å². The largest absolute Gasteiger partial charge is 0.490 e. The summed E-state index contributed by atoms with van der Waals surface area (Å²) < 4.78 is 13.0. The normalized spacial score (nSPS) is 13.2. The van der Waals surface area contributed by atoms with Gasteiger partial charge in [0.2, 0.25) is 0 Å². The van der Waals surface area contributed by atoms with Gasteiger partial charge in [0, 0.05) is 18.3 Å². The number of aromatic nitrogens is 2. The van der Waals surface area contributed by atoms with Crippen LogP contribution in [0.25, 0.3) is 5.69 Å². The Labute approximate surface area is 210 Å². The molecular formula is C26H29ClN4O4. The summed E-state index contributed by atoms with van der Waals surface area (Å²) in [5.74, 6) is 0.357. The molecule has 0 fully saturated rings. The monoisotopic (exact) mass is 496 g/mol. The van der Waals surface area contributed by atoms with Crippen molar-refractivity contribution in [2.45, 2.75) is 40.2 Å². The number of ether oxygens (including phenoxy) is 2. The fourth-order valence-corrected chi connectivity index (χ4v) is 4.00. The van der Waals surface area contributed by atoms with Crippen LogP contribution in [0, 0.1) is 13.8 Å². The van der Waals surface area contributed by atoms with Gasteiger partial charge >= 0.3 is 6.09 Å². The van der Waals surface area contributed by atoms with Gasteiger partial charge in [0.25, 0.3) is 5.91 Å². The minimum Gasteiger partial charge on any atom is -0.490 e. The second-order valence-corrected chi connectivity index (χ2v) is 9.82. The van der Waals surface area contributed by atoms with Crippen LogP contribution < -0.4 is 14.5 Å². The number of fused-ring (bicyclic) bond motifs is 1. The highest BCUT2D eigenvalue weighted by Gasteiger charge is 2.29. The fraction of sp³-hybridized carbons (Fsp3) is 0.346. The Morgan fingerprint density at radius 1 is 1.14 bits per heavy atom. The Balaban J connectivity index is 1.62. The molecule has 0 saturated carbocycles. The van der Waals surface area contributed by atoms with E-state index in [9.17, 15) is 9.59 Å². The van der Waals surface area contributed by atoms with Crippen LogP contribution in [0.5, 0.6) is 5.75 Å². The number of rotatable bonds is 3. The Bertz CT molecular complexity index is 1290. The van der Waals surface area contributed by atoms with Crippen LogP contribution >= 0.6 is 11.6 Å². The minimum atomic E-state index is -0.624. The molecule has 0 N–H and O–H groups in total. The van der Waals surface area contributed by atoms with E-state index in [4.69, 9.17) is 21.1 Å². The molecule has 2 aromatic carbocycles. The number of hydrogen-bond acceptors (Lipinski definition) is 5. The minimum absolute atomic E-state index is 0.208. The second-order valence-electron chi connectivity index (χ2n) is 9.44. The summed E-state index contributed by atoms with van der Waals surface area (Å²) in [5.41, 5.74) is 3.32. The van der Waals surface area contributed by atoms with Gasteiger partial charge in [-0.05, 0) is 71.0 Å². The SMILES string of the molecule is Cc1nn(-c2cccc(C(=O)N(C)c3ccc4c(c3)N(C(=O)OC(C)(C)C)CCO4)c2)c(C)c1Cl.